The molecule has 0 aliphatic carbocycles. The third kappa shape index (κ3) is 4.29. The third-order valence-electron chi connectivity index (χ3n) is 6.35. The molecule has 182 valence electrons. The molecule has 0 N–H and O–H groups in total. The molecule has 5 aromatic rings. The summed E-state index contributed by atoms with van der Waals surface area (Å²) in [5, 5.41) is 19.8. The second kappa shape index (κ2) is 10.4. The molecular formula is C27H26N6O2S. The fourth-order valence-corrected chi connectivity index (χ4v) is 5.40. The molecule has 0 amide bonds. The minimum absolute atomic E-state index is 0.0239. The van der Waals surface area contributed by atoms with Gasteiger partial charge in [0.05, 0.1) is 29.1 Å². The zero-order valence-corrected chi connectivity index (χ0v) is 20.9. The molecule has 0 aliphatic heterocycles. The van der Waals surface area contributed by atoms with Crippen molar-refractivity contribution in [1.82, 2.24) is 23.7 Å². The Balaban J connectivity index is 1.49. The van der Waals surface area contributed by atoms with E-state index in [1.807, 2.05) is 63.7 Å². The predicted octanol–water partition coefficient (Wildman–Crippen LogP) is 5.08. The van der Waals surface area contributed by atoms with Gasteiger partial charge in [0.15, 0.2) is 10.9 Å². The van der Waals surface area contributed by atoms with Crippen molar-refractivity contribution in [3.8, 4) is 6.07 Å². The SMILES string of the molecule is CCCCCn1c(=O)c2ccccc2n2c(SCC(=O)c3cn(CCC#N)c4ccccc34)nnc12. The van der Waals surface area contributed by atoms with Crippen molar-refractivity contribution in [1.29, 1.82) is 5.26 Å². The van der Waals surface area contributed by atoms with Crippen LogP contribution in [0.3, 0.4) is 0 Å². The smallest absolute Gasteiger partial charge is 0.262 e. The summed E-state index contributed by atoms with van der Waals surface area (Å²) in [6.07, 6.45) is 5.18. The maximum Gasteiger partial charge on any atom is 0.262 e. The van der Waals surface area contributed by atoms with Crippen LogP contribution in [0.4, 0.5) is 0 Å². The number of thioether (sulfide) groups is 1. The molecule has 0 saturated heterocycles. The molecule has 8 nitrogen and oxygen atoms in total. The average molecular weight is 499 g/mol. The second-order valence-corrected chi connectivity index (χ2v) is 9.61. The van der Waals surface area contributed by atoms with E-state index < -0.39 is 0 Å². The third-order valence-corrected chi connectivity index (χ3v) is 7.28. The molecule has 0 bridgehead atoms. The number of nitrogens with zero attached hydrogens (tertiary/aromatic N) is 6. The summed E-state index contributed by atoms with van der Waals surface area (Å²) >= 11 is 1.32. The number of carbonyl (C=O) groups excluding carboxylic acids is 1. The highest BCUT2D eigenvalue weighted by Crippen LogP contribution is 2.26. The van der Waals surface area contributed by atoms with Crippen LogP contribution in [0.1, 0.15) is 43.0 Å². The molecule has 0 radical (unpaired) electrons. The number of carbonyl (C=O) groups is 1. The fourth-order valence-electron chi connectivity index (χ4n) is 4.58. The zero-order valence-electron chi connectivity index (χ0n) is 20.1. The summed E-state index contributed by atoms with van der Waals surface area (Å²) in [5.41, 5.74) is 2.24. The normalized spacial score (nSPS) is 11.4. The van der Waals surface area contributed by atoms with Crippen LogP contribution in [-0.2, 0) is 13.1 Å². The number of fused-ring (bicyclic) bond motifs is 4. The lowest BCUT2D eigenvalue weighted by Gasteiger charge is -2.11. The highest BCUT2D eigenvalue weighted by Gasteiger charge is 2.19. The molecule has 5 rings (SSSR count). The first-order valence-electron chi connectivity index (χ1n) is 12.1. The molecule has 0 aliphatic rings. The zero-order chi connectivity index (χ0) is 25.1. The molecule has 3 aromatic heterocycles. The maximum absolute atomic E-state index is 13.3. The van der Waals surface area contributed by atoms with E-state index in [1.54, 1.807) is 4.57 Å². The quantitative estimate of drug-likeness (QED) is 0.151. The standard InChI is InChI=1S/C27H26N6O2S/c1-2-3-8-16-32-25(35)20-11-5-7-13-23(20)33-26(32)29-30-27(33)36-18-24(34)21-17-31(15-9-14-28)22-12-6-4-10-19(21)22/h4-7,10-13,17H,2-3,8-9,15-16,18H2,1H3. The number of nitriles is 1. The van der Waals surface area contributed by atoms with E-state index in [2.05, 4.69) is 23.2 Å². The Bertz CT molecular complexity index is 1670. The maximum atomic E-state index is 13.3. The number of aromatic nitrogens is 5. The van der Waals surface area contributed by atoms with Crippen LogP contribution < -0.4 is 5.56 Å². The van der Waals surface area contributed by atoms with Crippen molar-refractivity contribution in [2.75, 3.05) is 5.75 Å². The second-order valence-electron chi connectivity index (χ2n) is 8.67. The first kappa shape index (κ1) is 23.8. The molecule has 0 saturated carbocycles. The van der Waals surface area contributed by atoms with Gasteiger partial charge in [0.2, 0.25) is 5.78 Å². The minimum Gasteiger partial charge on any atom is -0.346 e. The summed E-state index contributed by atoms with van der Waals surface area (Å²) in [6, 6.07) is 17.4. The van der Waals surface area contributed by atoms with Crippen LogP contribution >= 0.6 is 11.8 Å². The number of para-hydroxylation sites is 2. The Kier molecular flexibility index (Phi) is 6.87. The van der Waals surface area contributed by atoms with Crippen molar-refractivity contribution in [2.45, 2.75) is 50.9 Å². The number of hydrogen-bond acceptors (Lipinski definition) is 6. The van der Waals surface area contributed by atoms with Gasteiger partial charge in [-0.05, 0) is 24.6 Å². The number of hydrogen-bond donors (Lipinski definition) is 0. The van der Waals surface area contributed by atoms with E-state index >= 15 is 0 Å². The van der Waals surface area contributed by atoms with Crippen molar-refractivity contribution in [3.05, 3.63) is 70.6 Å². The van der Waals surface area contributed by atoms with E-state index in [4.69, 9.17) is 5.26 Å². The summed E-state index contributed by atoms with van der Waals surface area (Å²) < 4.78 is 5.54. The lowest BCUT2D eigenvalue weighted by atomic mass is 10.1. The van der Waals surface area contributed by atoms with Crippen molar-refractivity contribution in [3.63, 3.8) is 0 Å². The number of rotatable bonds is 10. The predicted molar refractivity (Wildman–Crippen MR) is 142 cm³/mol. The van der Waals surface area contributed by atoms with Gasteiger partial charge in [0, 0.05) is 35.8 Å². The van der Waals surface area contributed by atoms with E-state index in [1.165, 1.54) is 11.8 Å². The molecule has 9 heteroatoms. The van der Waals surface area contributed by atoms with E-state index in [0.717, 1.165) is 35.7 Å². The van der Waals surface area contributed by atoms with Gasteiger partial charge in [0.25, 0.3) is 5.56 Å². The summed E-state index contributed by atoms with van der Waals surface area (Å²) in [5.74, 6) is 0.651. The van der Waals surface area contributed by atoms with Gasteiger partial charge in [-0.3, -0.25) is 18.6 Å². The number of aryl methyl sites for hydroxylation is 2. The Morgan fingerprint density at radius 2 is 1.75 bits per heavy atom. The molecule has 0 unspecified atom stereocenters. The highest BCUT2D eigenvalue weighted by atomic mass is 32.2. The Morgan fingerprint density at radius 3 is 2.53 bits per heavy atom. The van der Waals surface area contributed by atoms with Gasteiger partial charge in [0.1, 0.15) is 0 Å². The first-order chi connectivity index (χ1) is 17.6. The number of Topliss-reactive ketones (excluding diaryl/α,β-unsaturated/α-hetero) is 1. The molecule has 0 fully saturated rings. The van der Waals surface area contributed by atoms with Crippen LogP contribution in [0, 0.1) is 11.3 Å². The van der Waals surface area contributed by atoms with Crippen LogP contribution in [0.2, 0.25) is 0 Å². The monoisotopic (exact) mass is 498 g/mol. The van der Waals surface area contributed by atoms with E-state index in [-0.39, 0.29) is 17.1 Å². The lowest BCUT2D eigenvalue weighted by Crippen LogP contribution is -2.23. The average Bonchev–Trinajstić information content (AvgIpc) is 3.50. The van der Waals surface area contributed by atoms with Crippen LogP contribution in [0.5, 0.6) is 0 Å². The molecule has 3 heterocycles. The first-order valence-corrected chi connectivity index (χ1v) is 13.1. The molecular weight excluding hydrogens is 472 g/mol. The van der Waals surface area contributed by atoms with Gasteiger partial charge in [-0.15, -0.1) is 10.2 Å². The van der Waals surface area contributed by atoms with Crippen LogP contribution in [0.25, 0.3) is 27.6 Å². The highest BCUT2D eigenvalue weighted by molar-refractivity contribution is 7.99. The molecule has 0 atom stereocenters. The van der Waals surface area contributed by atoms with Crippen LogP contribution in [-0.4, -0.2) is 35.3 Å². The topological polar surface area (TPSA) is 98.0 Å². The van der Waals surface area contributed by atoms with Gasteiger partial charge < -0.3 is 4.57 Å². The van der Waals surface area contributed by atoms with Gasteiger partial charge in [-0.2, -0.15) is 5.26 Å². The Labute approximate surface area is 212 Å². The Hall–Kier alpha value is -3.90. The Morgan fingerprint density at radius 1 is 1.00 bits per heavy atom. The summed E-state index contributed by atoms with van der Waals surface area (Å²) in [4.78, 5) is 26.5. The largest absolute Gasteiger partial charge is 0.346 e. The number of unbranched alkanes of at least 4 members (excludes halogenated alkanes) is 2. The molecule has 0 spiro atoms. The van der Waals surface area contributed by atoms with Gasteiger partial charge >= 0.3 is 0 Å². The van der Waals surface area contributed by atoms with Gasteiger partial charge in [-0.1, -0.05) is 61.9 Å². The lowest BCUT2D eigenvalue weighted by molar-refractivity contribution is 0.102. The van der Waals surface area contributed by atoms with Gasteiger partial charge in [-0.25, -0.2) is 0 Å². The van der Waals surface area contributed by atoms with E-state index in [9.17, 15) is 9.59 Å². The number of ketones is 1. The van der Waals surface area contributed by atoms with Crippen LogP contribution in [0.15, 0.2) is 64.7 Å². The molecule has 36 heavy (non-hydrogen) atoms. The van der Waals surface area contributed by atoms with E-state index in [0.29, 0.717) is 41.4 Å². The van der Waals surface area contributed by atoms with Crippen molar-refractivity contribution >= 4 is 45.1 Å². The van der Waals surface area contributed by atoms with Crippen molar-refractivity contribution in [2.24, 2.45) is 0 Å². The number of benzene rings is 2. The van der Waals surface area contributed by atoms with Crippen molar-refractivity contribution < 1.29 is 4.79 Å². The summed E-state index contributed by atoms with van der Waals surface area (Å²) in [6.45, 7) is 3.24. The minimum atomic E-state index is -0.0700. The summed E-state index contributed by atoms with van der Waals surface area (Å²) in [7, 11) is 0. The molecule has 2 aromatic carbocycles. The fraction of sp³-hybridized carbons (Fsp3) is 0.296.